The molecule has 1 rings (SSSR count). The molecule has 0 saturated heterocycles. The average molecular weight is 227 g/mol. The number of nitrogens with one attached hydrogen (secondary N) is 2. The Bertz CT molecular complexity index is 228. The summed E-state index contributed by atoms with van der Waals surface area (Å²) < 4.78 is 0. The summed E-state index contributed by atoms with van der Waals surface area (Å²) in [7, 11) is 0. The molecule has 4 heteroatoms. The standard InChI is InChI=1S/C12H25N3O/c1-12(2)6-3-4-10(5-7-12)14-8-9-15-11(13)16/h10,14H,3-9H2,1-2H3,(H3,13,15,16). The van der Waals surface area contributed by atoms with Crippen LogP contribution in [0.2, 0.25) is 0 Å². The third kappa shape index (κ3) is 5.35. The molecule has 1 fully saturated rings. The highest BCUT2D eigenvalue weighted by molar-refractivity contribution is 5.71. The summed E-state index contributed by atoms with van der Waals surface area (Å²) in [6.45, 7) is 6.14. The van der Waals surface area contributed by atoms with Crippen molar-refractivity contribution in [3.63, 3.8) is 0 Å². The molecule has 1 atom stereocenters. The lowest BCUT2D eigenvalue weighted by Crippen LogP contribution is -2.38. The molecule has 1 aliphatic rings. The molecule has 0 aromatic carbocycles. The second-order valence-corrected chi connectivity index (χ2v) is 5.54. The largest absolute Gasteiger partial charge is 0.352 e. The van der Waals surface area contributed by atoms with Gasteiger partial charge in [-0.05, 0) is 31.1 Å². The maximum absolute atomic E-state index is 10.5. The summed E-state index contributed by atoms with van der Waals surface area (Å²) in [6.07, 6.45) is 6.40. The number of hydrogen-bond acceptors (Lipinski definition) is 2. The SMILES string of the molecule is CC1(C)CCCC(NCCNC(N)=O)CC1. The Morgan fingerprint density at radius 2 is 2.06 bits per heavy atom. The van der Waals surface area contributed by atoms with E-state index in [-0.39, 0.29) is 0 Å². The first-order chi connectivity index (χ1) is 7.49. The van der Waals surface area contributed by atoms with Gasteiger partial charge in [-0.15, -0.1) is 0 Å². The summed E-state index contributed by atoms with van der Waals surface area (Å²) in [6, 6.07) is 0.167. The van der Waals surface area contributed by atoms with Gasteiger partial charge in [0, 0.05) is 19.1 Å². The zero-order valence-electron chi connectivity index (χ0n) is 10.5. The van der Waals surface area contributed by atoms with Crippen molar-refractivity contribution in [2.75, 3.05) is 13.1 Å². The van der Waals surface area contributed by atoms with Crippen LogP contribution in [0.4, 0.5) is 4.79 Å². The zero-order chi connectivity index (χ0) is 12.0. The lowest BCUT2D eigenvalue weighted by atomic mass is 9.85. The predicted octanol–water partition coefficient (Wildman–Crippen LogP) is 1.60. The molecule has 0 spiro atoms. The first kappa shape index (κ1) is 13.3. The van der Waals surface area contributed by atoms with E-state index in [2.05, 4.69) is 24.5 Å². The van der Waals surface area contributed by atoms with E-state index in [9.17, 15) is 4.79 Å². The molecule has 16 heavy (non-hydrogen) atoms. The van der Waals surface area contributed by atoms with Crippen molar-refractivity contribution in [3.8, 4) is 0 Å². The predicted molar refractivity (Wildman–Crippen MR) is 66.2 cm³/mol. The highest BCUT2D eigenvalue weighted by Gasteiger charge is 2.23. The van der Waals surface area contributed by atoms with Crippen molar-refractivity contribution in [2.24, 2.45) is 11.1 Å². The Labute approximate surface area is 98.3 Å². The van der Waals surface area contributed by atoms with Crippen molar-refractivity contribution in [1.82, 2.24) is 10.6 Å². The van der Waals surface area contributed by atoms with Gasteiger partial charge in [-0.3, -0.25) is 0 Å². The quantitative estimate of drug-likeness (QED) is 0.504. The Hall–Kier alpha value is -0.770. The Morgan fingerprint density at radius 1 is 1.31 bits per heavy atom. The highest BCUT2D eigenvalue weighted by atomic mass is 16.2. The van der Waals surface area contributed by atoms with E-state index in [1.165, 1.54) is 32.1 Å². The summed E-state index contributed by atoms with van der Waals surface area (Å²) in [5.41, 5.74) is 5.50. The molecule has 4 N–H and O–H groups in total. The van der Waals surface area contributed by atoms with Gasteiger partial charge < -0.3 is 16.4 Å². The van der Waals surface area contributed by atoms with Gasteiger partial charge in [-0.25, -0.2) is 4.79 Å². The number of carbonyl (C=O) groups is 1. The van der Waals surface area contributed by atoms with E-state index in [0.29, 0.717) is 18.0 Å². The van der Waals surface area contributed by atoms with Gasteiger partial charge in [0.15, 0.2) is 0 Å². The Kier molecular flexibility index (Phi) is 5.06. The first-order valence-corrected chi connectivity index (χ1v) is 6.26. The first-order valence-electron chi connectivity index (χ1n) is 6.26. The minimum absolute atomic E-state index is 0.441. The number of nitrogens with two attached hydrogens (primary N) is 1. The van der Waals surface area contributed by atoms with Gasteiger partial charge in [0.05, 0.1) is 0 Å². The maximum atomic E-state index is 10.5. The third-order valence-corrected chi connectivity index (χ3v) is 3.43. The maximum Gasteiger partial charge on any atom is 0.312 e. The fraction of sp³-hybridized carbons (Fsp3) is 0.917. The number of urea groups is 1. The van der Waals surface area contributed by atoms with Gasteiger partial charge in [-0.1, -0.05) is 20.3 Å². The van der Waals surface area contributed by atoms with Crippen molar-refractivity contribution in [2.45, 2.75) is 52.0 Å². The molecule has 0 aliphatic heterocycles. The summed E-state index contributed by atoms with van der Waals surface area (Å²) in [5.74, 6) is 0. The van der Waals surface area contributed by atoms with Gasteiger partial charge in [0.1, 0.15) is 0 Å². The fourth-order valence-electron chi connectivity index (χ4n) is 2.33. The molecule has 0 bridgehead atoms. The molecule has 94 valence electrons. The number of amides is 2. The van der Waals surface area contributed by atoms with Gasteiger partial charge >= 0.3 is 6.03 Å². The normalized spacial score (nSPS) is 24.8. The second-order valence-electron chi connectivity index (χ2n) is 5.54. The van der Waals surface area contributed by atoms with Crippen molar-refractivity contribution in [3.05, 3.63) is 0 Å². The van der Waals surface area contributed by atoms with Gasteiger partial charge in [0.2, 0.25) is 0 Å². The molecular formula is C12H25N3O. The smallest absolute Gasteiger partial charge is 0.312 e. The summed E-state index contributed by atoms with van der Waals surface area (Å²) >= 11 is 0. The molecule has 2 amide bonds. The van der Waals surface area contributed by atoms with E-state index in [1.54, 1.807) is 0 Å². The second kappa shape index (κ2) is 6.09. The van der Waals surface area contributed by atoms with Crippen molar-refractivity contribution in [1.29, 1.82) is 0 Å². The molecule has 1 aliphatic carbocycles. The van der Waals surface area contributed by atoms with Crippen LogP contribution in [0, 0.1) is 5.41 Å². The molecule has 0 heterocycles. The van der Waals surface area contributed by atoms with Crippen LogP contribution in [-0.4, -0.2) is 25.2 Å². The summed E-state index contributed by atoms with van der Waals surface area (Å²) in [5, 5.41) is 6.08. The number of carbonyl (C=O) groups excluding carboxylic acids is 1. The van der Waals surface area contributed by atoms with E-state index < -0.39 is 6.03 Å². The van der Waals surface area contributed by atoms with Crippen LogP contribution >= 0.6 is 0 Å². The van der Waals surface area contributed by atoms with Crippen molar-refractivity contribution >= 4 is 6.03 Å². The molecule has 4 nitrogen and oxygen atoms in total. The number of rotatable bonds is 4. The van der Waals surface area contributed by atoms with Crippen LogP contribution in [0.15, 0.2) is 0 Å². The Balaban J connectivity index is 2.15. The van der Waals surface area contributed by atoms with E-state index in [4.69, 9.17) is 5.73 Å². The van der Waals surface area contributed by atoms with E-state index in [1.807, 2.05) is 0 Å². The third-order valence-electron chi connectivity index (χ3n) is 3.43. The summed E-state index contributed by atoms with van der Waals surface area (Å²) in [4.78, 5) is 10.5. The molecule has 0 aromatic rings. The minimum atomic E-state index is -0.441. The minimum Gasteiger partial charge on any atom is -0.352 e. The molecular weight excluding hydrogens is 202 g/mol. The van der Waals surface area contributed by atoms with Crippen LogP contribution < -0.4 is 16.4 Å². The van der Waals surface area contributed by atoms with Gasteiger partial charge in [-0.2, -0.15) is 0 Å². The van der Waals surface area contributed by atoms with Crippen LogP contribution in [-0.2, 0) is 0 Å². The van der Waals surface area contributed by atoms with Crippen molar-refractivity contribution < 1.29 is 4.79 Å². The van der Waals surface area contributed by atoms with Crippen LogP contribution in [0.3, 0.4) is 0 Å². The fourth-order valence-corrected chi connectivity index (χ4v) is 2.33. The Morgan fingerprint density at radius 3 is 2.75 bits per heavy atom. The van der Waals surface area contributed by atoms with Crippen LogP contribution in [0.1, 0.15) is 46.0 Å². The van der Waals surface area contributed by atoms with E-state index in [0.717, 1.165) is 6.54 Å². The zero-order valence-corrected chi connectivity index (χ0v) is 10.5. The molecule has 1 unspecified atom stereocenters. The number of primary amides is 1. The topological polar surface area (TPSA) is 67.2 Å². The molecule has 0 aromatic heterocycles. The lowest BCUT2D eigenvalue weighted by Gasteiger charge is -2.22. The molecule has 0 radical (unpaired) electrons. The number of hydrogen-bond donors (Lipinski definition) is 3. The monoisotopic (exact) mass is 227 g/mol. The van der Waals surface area contributed by atoms with E-state index >= 15 is 0 Å². The highest BCUT2D eigenvalue weighted by Crippen LogP contribution is 2.33. The van der Waals surface area contributed by atoms with Gasteiger partial charge in [0.25, 0.3) is 0 Å². The van der Waals surface area contributed by atoms with Crippen LogP contribution in [0.5, 0.6) is 0 Å². The average Bonchev–Trinajstić information content (AvgIpc) is 2.34. The lowest BCUT2D eigenvalue weighted by molar-refractivity contribution is 0.248. The molecule has 1 saturated carbocycles. The van der Waals surface area contributed by atoms with Crippen LogP contribution in [0.25, 0.3) is 0 Å².